The summed E-state index contributed by atoms with van der Waals surface area (Å²) in [5.41, 5.74) is 7.80. The van der Waals surface area contributed by atoms with E-state index in [1.54, 1.807) is 11.9 Å². The number of aryl methyl sites for hydroxylation is 3. The summed E-state index contributed by atoms with van der Waals surface area (Å²) in [6.45, 7) is 8.77. The molecule has 2 aliphatic rings. The van der Waals surface area contributed by atoms with E-state index in [0.717, 1.165) is 29.1 Å². The molecule has 3 heterocycles. The Morgan fingerprint density at radius 3 is 2.68 bits per heavy atom. The van der Waals surface area contributed by atoms with Gasteiger partial charge in [-0.1, -0.05) is 25.1 Å². The molecule has 2 aromatic carbocycles. The van der Waals surface area contributed by atoms with Crippen molar-refractivity contribution in [1.29, 1.82) is 0 Å². The standard InChI is InChI=1S/C27H27N3O3S/c1-6-19-9-7-8-16(2)25(19)30-17(3)12-20(18(30)4)13-24-26(31)29(5)27(34-24)28-21-10-11-22-23(14-21)33-15-32-22/h7-14H,6,15H2,1-5H3/b24-13-,28-27?. The van der Waals surface area contributed by atoms with Crippen LogP contribution in [0.1, 0.15) is 35.0 Å². The van der Waals surface area contributed by atoms with Crippen LogP contribution in [0.4, 0.5) is 5.69 Å². The van der Waals surface area contributed by atoms with Crippen LogP contribution in [-0.4, -0.2) is 34.4 Å². The topological polar surface area (TPSA) is 56.1 Å². The highest BCUT2D eigenvalue weighted by molar-refractivity contribution is 8.18. The fourth-order valence-corrected chi connectivity index (χ4v) is 5.44. The predicted octanol–water partition coefficient (Wildman–Crippen LogP) is 5.93. The van der Waals surface area contributed by atoms with Crippen LogP contribution < -0.4 is 9.47 Å². The fourth-order valence-electron chi connectivity index (χ4n) is 4.46. The number of amides is 1. The molecule has 174 valence electrons. The molecule has 1 fully saturated rings. The fraction of sp³-hybridized carbons (Fsp3) is 0.259. The van der Waals surface area contributed by atoms with E-state index in [1.807, 2.05) is 24.3 Å². The minimum Gasteiger partial charge on any atom is -0.454 e. The van der Waals surface area contributed by atoms with Gasteiger partial charge in [0.1, 0.15) is 0 Å². The van der Waals surface area contributed by atoms with Crippen molar-refractivity contribution >= 4 is 34.6 Å². The Morgan fingerprint density at radius 2 is 1.88 bits per heavy atom. The van der Waals surface area contributed by atoms with E-state index in [-0.39, 0.29) is 12.7 Å². The van der Waals surface area contributed by atoms with Gasteiger partial charge in [-0.15, -0.1) is 0 Å². The van der Waals surface area contributed by atoms with Crippen LogP contribution in [0.5, 0.6) is 11.5 Å². The molecule has 34 heavy (non-hydrogen) atoms. The molecule has 0 spiro atoms. The zero-order valence-electron chi connectivity index (χ0n) is 20.0. The van der Waals surface area contributed by atoms with E-state index < -0.39 is 0 Å². The van der Waals surface area contributed by atoms with Gasteiger partial charge >= 0.3 is 0 Å². The monoisotopic (exact) mass is 473 g/mol. The van der Waals surface area contributed by atoms with Crippen LogP contribution in [0.2, 0.25) is 0 Å². The van der Waals surface area contributed by atoms with Crippen LogP contribution in [0, 0.1) is 20.8 Å². The average Bonchev–Trinajstić information content (AvgIpc) is 3.47. The minimum atomic E-state index is -0.0561. The SMILES string of the molecule is CCc1cccc(C)c1-n1c(C)cc(/C=C2\SC(=Nc3ccc4c(c3)OCO4)N(C)C2=O)c1C. The maximum absolute atomic E-state index is 13.0. The molecule has 3 aromatic rings. The minimum absolute atomic E-state index is 0.0561. The summed E-state index contributed by atoms with van der Waals surface area (Å²) >= 11 is 1.39. The Bertz CT molecular complexity index is 1370. The first-order chi connectivity index (χ1) is 16.4. The van der Waals surface area contributed by atoms with Crippen LogP contribution in [-0.2, 0) is 11.2 Å². The maximum atomic E-state index is 13.0. The number of rotatable bonds is 4. The molecule has 5 rings (SSSR count). The molecule has 6 nitrogen and oxygen atoms in total. The van der Waals surface area contributed by atoms with Crippen molar-refractivity contribution < 1.29 is 14.3 Å². The zero-order chi connectivity index (χ0) is 24.0. The molecular weight excluding hydrogens is 446 g/mol. The molecule has 0 N–H and O–H groups in total. The number of para-hydroxylation sites is 1. The Kier molecular flexibility index (Phi) is 5.73. The second-order valence-electron chi connectivity index (χ2n) is 8.50. The predicted molar refractivity (Wildman–Crippen MR) is 137 cm³/mol. The highest BCUT2D eigenvalue weighted by Crippen LogP contribution is 2.38. The number of ether oxygens (including phenoxy) is 2. The molecule has 1 saturated heterocycles. The van der Waals surface area contributed by atoms with Crippen LogP contribution in [0.3, 0.4) is 0 Å². The molecular formula is C27H27N3O3S. The summed E-state index contributed by atoms with van der Waals surface area (Å²) in [4.78, 5) is 20.0. The van der Waals surface area contributed by atoms with Crippen molar-refractivity contribution in [1.82, 2.24) is 9.47 Å². The molecule has 0 aliphatic carbocycles. The van der Waals surface area contributed by atoms with Gasteiger partial charge in [-0.3, -0.25) is 9.69 Å². The van der Waals surface area contributed by atoms with E-state index in [2.05, 4.69) is 61.5 Å². The number of aromatic nitrogens is 1. The average molecular weight is 474 g/mol. The van der Waals surface area contributed by atoms with Gasteiger partial charge in [0.05, 0.1) is 16.3 Å². The van der Waals surface area contributed by atoms with Crippen LogP contribution in [0.25, 0.3) is 11.8 Å². The number of likely N-dealkylation sites (N-methyl/N-ethyl adjacent to an activating group) is 1. The summed E-state index contributed by atoms with van der Waals surface area (Å²) < 4.78 is 13.1. The van der Waals surface area contributed by atoms with Crippen LogP contribution in [0.15, 0.2) is 52.4 Å². The summed E-state index contributed by atoms with van der Waals surface area (Å²) in [7, 11) is 1.76. The first-order valence-electron chi connectivity index (χ1n) is 11.3. The maximum Gasteiger partial charge on any atom is 0.266 e. The molecule has 0 bridgehead atoms. The van der Waals surface area contributed by atoms with Gasteiger partial charge in [-0.2, -0.15) is 0 Å². The molecule has 1 amide bonds. The quantitative estimate of drug-likeness (QED) is 0.441. The summed E-state index contributed by atoms with van der Waals surface area (Å²) in [5.74, 6) is 1.33. The Balaban J connectivity index is 1.49. The number of aliphatic imine (C=N–C) groups is 1. The lowest BCUT2D eigenvalue weighted by Gasteiger charge is -2.17. The number of nitrogens with zero attached hydrogens (tertiary/aromatic N) is 3. The van der Waals surface area contributed by atoms with Gasteiger partial charge in [0, 0.05) is 24.5 Å². The van der Waals surface area contributed by atoms with E-state index >= 15 is 0 Å². The highest BCUT2D eigenvalue weighted by Gasteiger charge is 2.31. The Labute approximate surface area is 203 Å². The Morgan fingerprint density at radius 1 is 1.09 bits per heavy atom. The largest absolute Gasteiger partial charge is 0.454 e. The zero-order valence-corrected chi connectivity index (χ0v) is 20.8. The number of fused-ring (bicyclic) bond motifs is 1. The molecule has 7 heteroatoms. The number of thioether (sulfide) groups is 1. The van der Waals surface area contributed by atoms with Crippen molar-refractivity contribution in [3.05, 3.63) is 75.4 Å². The van der Waals surface area contributed by atoms with E-state index in [0.29, 0.717) is 21.6 Å². The number of hydrogen-bond acceptors (Lipinski definition) is 5. The summed E-state index contributed by atoms with van der Waals surface area (Å²) in [6, 6.07) is 14.1. The van der Waals surface area contributed by atoms with Gasteiger partial charge in [-0.05, 0) is 79.9 Å². The van der Waals surface area contributed by atoms with E-state index in [1.165, 1.54) is 28.6 Å². The highest BCUT2D eigenvalue weighted by atomic mass is 32.2. The first kappa shape index (κ1) is 22.3. The van der Waals surface area contributed by atoms with Crippen molar-refractivity contribution in [3.8, 4) is 17.2 Å². The lowest BCUT2D eigenvalue weighted by Crippen LogP contribution is -2.23. The van der Waals surface area contributed by atoms with Gasteiger partial charge in [0.15, 0.2) is 16.7 Å². The molecule has 0 atom stereocenters. The van der Waals surface area contributed by atoms with Gasteiger partial charge in [0.2, 0.25) is 6.79 Å². The third-order valence-corrected chi connectivity index (χ3v) is 7.33. The molecule has 1 aromatic heterocycles. The summed E-state index contributed by atoms with van der Waals surface area (Å²) in [6.07, 6.45) is 2.94. The smallest absolute Gasteiger partial charge is 0.266 e. The van der Waals surface area contributed by atoms with Crippen molar-refractivity contribution in [2.75, 3.05) is 13.8 Å². The van der Waals surface area contributed by atoms with E-state index in [4.69, 9.17) is 9.47 Å². The summed E-state index contributed by atoms with van der Waals surface area (Å²) in [5, 5.41) is 0.635. The normalized spacial score (nSPS) is 17.4. The van der Waals surface area contributed by atoms with Gasteiger partial charge in [-0.25, -0.2) is 4.99 Å². The number of benzene rings is 2. The second kappa shape index (κ2) is 8.72. The third-order valence-electron chi connectivity index (χ3n) is 6.27. The first-order valence-corrected chi connectivity index (χ1v) is 12.1. The molecule has 0 radical (unpaired) electrons. The van der Waals surface area contributed by atoms with Gasteiger partial charge < -0.3 is 14.0 Å². The van der Waals surface area contributed by atoms with Crippen molar-refractivity contribution in [3.63, 3.8) is 0 Å². The van der Waals surface area contributed by atoms with E-state index in [9.17, 15) is 4.79 Å². The Hall–Kier alpha value is -3.45. The van der Waals surface area contributed by atoms with Crippen molar-refractivity contribution in [2.24, 2.45) is 4.99 Å². The lowest BCUT2D eigenvalue weighted by molar-refractivity contribution is -0.121. The number of hydrogen-bond donors (Lipinski definition) is 0. The van der Waals surface area contributed by atoms with Crippen molar-refractivity contribution in [2.45, 2.75) is 34.1 Å². The van der Waals surface area contributed by atoms with Gasteiger partial charge in [0.25, 0.3) is 5.91 Å². The van der Waals surface area contributed by atoms with Crippen LogP contribution >= 0.6 is 11.8 Å². The molecule has 0 unspecified atom stereocenters. The molecule has 2 aliphatic heterocycles. The lowest BCUT2D eigenvalue weighted by atomic mass is 10.1. The number of carbonyl (C=O) groups excluding carboxylic acids is 1. The second-order valence-corrected chi connectivity index (χ2v) is 9.51. The third kappa shape index (κ3) is 3.80. The number of amidine groups is 1. The molecule has 0 saturated carbocycles. The number of carbonyl (C=O) groups is 1.